The summed E-state index contributed by atoms with van der Waals surface area (Å²) >= 11 is 1.67. The first kappa shape index (κ1) is 32.8. The number of aromatic nitrogens is 1. The lowest BCUT2D eigenvalue weighted by Gasteiger charge is -2.28. The molecular formula is C33H45N5O3S. The summed E-state index contributed by atoms with van der Waals surface area (Å²) in [6, 6.07) is 6.57. The molecule has 0 bridgehead atoms. The maximum absolute atomic E-state index is 12.9. The molecule has 0 saturated heterocycles. The minimum atomic E-state index is -0.140. The molecule has 4 N–H and O–H groups in total. The Kier molecular flexibility index (Phi) is 13.0. The Bertz CT molecular complexity index is 1260. The van der Waals surface area contributed by atoms with Crippen molar-refractivity contribution in [1.29, 1.82) is 0 Å². The molecule has 0 spiro atoms. The van der Waals surface area contributed by atoms with Crippen molar-refractivity contribution in [3.63, 3.8) is 0 Å². The largest absolute Gasteiger partial charge is 0.394 e. The van der Waals surface area contributed by atoms with Gasteiger partial charge in [0.2, 0.25) is 6.41 Å². The van der Waals surface area contributed by atoms with Crippen molar-refractivity contribution in [1.82, 2.24) is 20.5 Å². The van der Waals surface area contributed by atoms with Crippen LogP contribution in [0.15, 0.2) is 77.1 Å². The zero-order valence-corrected chi connectivity index (χ0v) is 26.0. The van der Waals surface area contributed by atoms with Crippen molar-refractivity contribution in [2.45, 2.75) is 78.4 Å². The Labute approximate surface area is 254 Å². The molecule has 3 heterocycles. The summed E-state index contributed by atoms with van der Waals surface area (Å²) in [5.74, 6) is 1.27. The molecule has 1 atom stereocenters. The number of carbonyl (C=O) groups excluding carboxylic acids is 2. The average Bonchev–Trinajstić information content (AvgIpc) is 3.71. The van der Waals surface area contributed by atoms with Crippen LogP contribution in [0.2, 0.25) is 0 Å². The van der Waals surface area contributed by atoms with Gasteiger partial charge < -0.3 is 26.0 Å². The topological polar surface area (TPSA) is 107 Å². The number of anilines is 1. The number of nitrogens with zero attached hydrogens (tertiary/aromatic N) is 2. The van der Waals surface area contributed by atoms with Crippen molar-refractivity contribution in [2.75, 3.05) is 11.9 Å². The molecule has 2 aromatic rings. The van der Waals surface area contributed by atoms with Crippen molar-refractivity contribution in [3.05, 3.63) is 88.2 Å². The molecule has 2 amide bonds. The van der Waals surface area contributed by atoms with Crippen molar-refractivity contribution >= 4 is 35.0 Å². The summed E-state index contributed by atoms with van der Waals surface area (Å²) in [6.07, 6.45) is 13.9. The second-order valence-corrected chi connectivity index (χ2v) is 11.9. The van der Waals surface area contributed by atoms with Crippen LogP contribution in [0.4, 0.5) is 5.82 Å². The quantitative estimate of drug-likeness (QED) is 0.227. The maximum Gasteiger partial charge on any atom is 0.253 e. The maximum atomic E-state index is 12.9. The SMILES string of the molecule is C=C1C(C(=O)NCc2ccc(NC3CCCC3)nc2)=CC=CN1/C(C)=C(\C)c1ccsc1.CC(C)CC(CO)NC=O. The first-order valence-electron chi connectivity index (χ1n) is 14.6. The van der Waals surface area contributed by atoms with Gasteiger partial charge >= 0.3 is 0 Å². The highest BCUT2D eigenvalue weighted by Gasteiger charge is 2.21. The molecule has 9 heteroatoms. The van der Waals surface area contributed by atoms with Gasteiger partial charge in [-0.05, 0) is 90.8 Å². The predicted octanol–water partition coefficient (Wildman–Crippen LogP) is 5.97. The normalized spacial score (nSPS) is 16.3. The van der Waals surface area contributed by atoms with E-state index < -0.39 is 0 Å². The Hall–Kier alpha value is -3.69. The number of aliphatic hydroxyl groups excluding tert-OH is 1. The van der Waals surface area contributed by atoms with Gasteiger partial charge in [-0.1, -0.05) is 39.3 Å². The third kappa shape index (κ3) is 9.70. The van der Waals surface area contributed by atoms with E-state index in [0.29, 0.717) is 36.2 Å². The zero-order valence-electron chi connectivity index (χ0n) is 25.2. The van der Waals surface area contributed by atoms with Crippen LogP contribution in [0.5, 0.6) is 0 Å². The first-order valence-corrected chi connectivity index (χ1v) is 15.5. The van der Waals surface area contributed by atoms with Crippen LogP contribution in [0.25, 0.3) is 5.57 Å². The molecule has 0 radical (unpaired) electrons. The van der Waals surface area contributed by atoms with Crippen LogP contribution in [-0.2, 0) is 16.1 Å². The van der Waals surface area contributed by atoms with E-state index in [1.807, 2.05) is 41.6 Å². The van der Waals surface area contributed by atoms with E-state index in [-0.39, 0.29) is 18.6 Å². The monoisotopic (exact) mass is 591 g/mol. The van der Waals surface area contributed by atoms with Crippen molar-refractivity contribution in [3.8, 4) is 0 Å². The Morgan fingerprint density at radius 1 is 1.24 bits per heavy atom. The molecule has 8 nitrogen and oxygen atoms in total. The number of pyridine rings is 1. The highest BCUT2D eigenvalue weighted by Crippen LogP contribution is 2.29. The van der Waals surface area contributed by atoms with Crippen LogP contribution in [0, 0.1) is 5.92 Å². The molecule has 226 valence electrons. The number of thiophene rings is 1. The van der Waals surface area contributed by atoms with Gasteiger partial charge in [0.1, 0.15) is 5.82 Å². The molecule has 1 saturated carbocycles. The standard InChI is InChI=1S/C26H30N4OS.C7H15NO2/c1-18(22-12-14-32-17-22)19(2)30-13-6-9-24(20(30)3)26(31)28-16-21-10-11-25(27-15-21)29-23-7-4-5-8-23;1-6(2)3-7(4-9)8-5-10/h6,9-15,17,23H,3-5,7-8,16H2,1-2H3,(H,27,29)(H,28,31);5-7,9H,3-4H2,1-2H3,(H,8,10)/b19-18+;. The molecule has 1 fully saturated rings. The van der Waals surface area contributed by atoms with E-state index in [2.05, 4.69) is 72.0 Å². The number of hydrogen-bond acceptors (Lipinski definition) is 7. The summed E-state index contributed by atoms with van der Waals surface area (Å²) in [6.45, 7) is 12.9. The van der Waals surface area contributed by atoms with E-state index in [1.165, 1.54) is 31.2 Å². The van der Waals surface area contributed by atoms with E-state index in [4.69, 9.17) is 5.11 Å². The number of amides is 2. The molecule has 0 aromatic carbocycles. The van der Waals surface area contributed by atoms with E-state index in [0.717, 1.165) is 29.1 Å². The number of hydrogen-bond donors (Lipinski definition) is 4. The highest BCUT2D eigenvalue weighted by atomic mass is 32.1. The van der Waals surface area contributed by atoms with Crippen LogP contribution in [-0.4, -0.2) is 46.0 Å². The third-order valence-corrected chi connectivity index (χ3v) is 8.15. The summed E-state index contributed by atoms with van der Waals surface area (Å²) in [4.78, 5) is 29.3. The van der Waals surface area contributed by atoms with E-state index >= 15 is 0 Å². The van der Waals surface area contributed by atoms with Crippen molar-refractivity contribution < 1.29 is 14.7 Å². The molecule has 42 heavy (non-hydrogen) atoms. The fraction of sp³-hybridized carbons (Fsp3) is 0.424. The molecule has 1 aliphatic heterocycles. The smallest absolute Gasteiger partial charge is 0.253 e. The fourth-order valence-electron chi connectivity index (χ4n) is 4.96. The van der Waals surface area contributed by atoms with Crippen LogP contribution in [0.3, 0.4) is 0 Å². The molecule has 2 aliphatic rings. The van der Waals surface area contributed by atoms with Gasteiger partial charge in [0.05, 0.1) is 23.9 Å². The third-order valence-electron chi connectivity index (χ3n) is 7.47. The molecular weight excluding hydrogens is 546 g/mol. The van der Waals surface area contributed by atoms with Gasteiger partial charge in [0, 0.05) is 30.7 Å². The highest BCUT2D eigenvalue weighted by molar-refractivity contribution is 7.08. The van der Waals surface area contributed by atoms with E-state index in [9.17, 15) is 9.59 Å². The van der Waals surface area contributed by atoms with Crippen LogP contribution < -0.4 is 16.0 Å². The summed E-state index contributed by atoms with van der Waals surface area (Å²) < 4.78 is 0. The Balaban J connectivity index is 0.000000416. The Morgan fingerprint density at radius 2 is 2.00 bits per heavy atom. The fourth-order valence-corrected chi connectivity index (χ4v) is 5.67. The van der Waals surface area contributed by atoms with Gasteiger partial charge in [0.15, 0.2) is 0 Å². The van der Waals surface area contributed by atoms with Gasteiger partial charge in [-0.25, -0.2) is 4.98 Å². The first-order chi connectivity index (χ1) is 20.2. The number of rotatable bonds is 12. The molecule has 1 unspecified atom stereocenters. The van der Waals surface area contributed by atoms with Crippen molar-refractivity contribution in [2.24, 2.45) is 5.92 Å². The van der Waals surface area contributed by atoms with Gasteiger partial charge in [-0.2, -0.15) is 11.3 Å². The molecule has 4 rings (SSSR count). The number of carbonyl (C=O) groups is 2. The minimum Gasteiger partial charge on any atom is -0.394 e. The van der Waals surface area contributed by atoms with Gasteiger partial charge in [-0.15, -0.1) is 0 Å². The zero-order chi connectivity index (χ0) is 30.5. The number of allylic oxidation sites excluding steroid dienone is 4. The summed E-state index contributed by atoms with van der Waals surface area (Å²) in [5, 5.41) is 21.9. The predicted molar refractivity (Wildman–Crippen MR) is 172 cm³/mol. The van der Waals surface area contributed by atoms with Crippen LogP contribution in [0.1, 0.15) is 70.9 Å². The lowest BCUT2D eigenvalue weighted by atomic mass is 10.0. The van der Waals surface area contributed by atoms with Gasteiger partial charge in [0.25, 0.3) is 5.91 Å². The second-order valence-electron chi connectivity index (χ2n) is 11.1. The van der Waals surface area contributed by atoms with E-state index in [1.54, 1.807) is 11.3 Å². The minimum absolute atomic E-state index is 0.0247. The van der Waals surface area contributed by atoms with Crippen LogP contribution >= 0.6 is 11.3 Å². The number of nitrogens with one attached hydrogen (secondary N) is 3. The Morgan fingerprint density at radius 3 is 2.60 bits per heavy atom. The second kappa shape index (κ2) is 16.7. The lowest BCUT2D eigenvalue weighted by Crippen LogP contribution is -2.32. The summed E-state index contributed by atoms with van der Waals surface area (Å²) in [7, 11) is 0. The summed E-state index contributed by atoms with van der Waals surface area (Å²) in [5.41, 5.74) is 5.61. The molecule has 1 aliphatic carbocycles. The van der Waals surface area contributed by atoms with Gasteiger partial charge in [-0.3, -0.25) is 9.59 Å². The lowest BCUT2D eigenvalue weighted by molar-refractivity contribution is -0.117. The molecule has 2 aromatic heterocycles. The average molecular weight is 592 g/mol. The number of aliphatic hydroxyl groups is 1.